The number of rotatable bonds is 9. The Hall–Kier alpha value is -1.14. The first-order valence-electron chi connectivity index (χ1n) is 4.85. The van der Waals surface area contributed by atoms with Gasteiger partial charge in [-0.1, -0.05) is 12.2 Å². The van der Waals surface area contributed by atoms with Gasteiger partial charge in [-0.15, -0.1) is 13.2 Å². The summed E-state index contributed by atoms with van der Waals surface area (Å²) in [6.45, 7) is 7.36. The monoisotopic (exact) mass is 247 g/mol. The minimum atomic E-state index is -3.41. The number of carbonyl (C=O) groups is 1. The minimum absolute atomic E-state index is 0.114. The lowest BCUT2D eigenvalue weighted by atomic mass is 10.3. The summed E-state index contributed by atoms with van der Waals surface area (Å²) in [5.41, 5.74) is 0. The summed E-state index contributed by atoms with van der Waals surface area (Å²) in [5.74, 6) is -1.16. The van der Waals surface area contributed by atoms with Gasteiger partial charge >= 0.3 is 5.97 Å². The molecule has 92 valence electrons. The summed E-state index contributed by atoms with van der Waals surface area (Å²) in [5, 5.41) is 8.41. The normalized spacial score (nSPS) is 11.3. The summed E-state index contributed by atoms with van der Waals surface area (Å²) in [6.07, 6.45) is 2.94. The first-order valence-corrected chi connectivity index (χ1v) is 6.46. The first kappa shape index (κ1) is 14.9. The molecular weight excluding hydrogens is 230 g/mol. The van der Waals surface area contributed by atoms with Crippen LogP contribution >= 0.6 is 0 Å². The van der Waals surface area contributed by atoms with E-state index in [-0.39, 0.29) is 31.7 Å². The van der Waals surface area contributed by atoms with Gasteiger partial charge in [0.15, 0.2) is 0 Å². The van der Waals surface area contributed by atoms with Crippen molar-refractivity contribution in [3.63, 3.8) is 0 Å². The minimum Gasteiger partial charge on any atom is -0.481 e. The second kappa shape index (κ2) is 7.19. The van der Waals surface area contributed by atoms with Gasteiger partial charge in [0.25, 0.3) is 0 Å². The molecule has 0 heterocycles. The Kier molecular flexibility index (Phi) is 6.67. The van der Waals surface area contributed by atoms with Crippen LogP contribution in [-0.2, 0) is 14.8 Å². The molecule has 0 aromatic heterocycles. The zero-order valence-corrected chi connectivity index (χ0v) is 9.95. The van der Waals surface area contributed by atoms with Crippen LogP contribution in [0.1, 0.15) is 12.8 Å². The van der Waals surface area contributed by atoms with Crippen molar-refractivity contribution >= 4 is 16.0 Å². The van der Waals surface area contributed by atoms with Crippen LogP contribution in [0.4, 0.5) is 0 Å². The van der Waals surface area contributed by atoms with E-state index in [4.69, 9.17) is 5.11 Å². The topological polar surface area (TPSA) is 74.7 Å². The highest BCUT2D eigenvalue weighted by atomic mass is 32.2. The summed E-state index contributed by atoms with van der Waals surface area (Å²) in [7, 11) is -3.41. The van der Waals surface area contributed by atoms with E-state index >= 15 is 0 Å². The Bertz CT molecular complexity index is 338. The fourth-order valence-electron chi connectivity index (χ4n) is 1.12. The van der Waals surface area contributed by atoms with Crippen LogP contribution in [0.15, 0.2) is 25.3 Å². The molecule has 0 aliphatic rings. The van der Waals surface area contributed by atoms with Crippen LogP contribution in [0, 0.1) is 0 Å². The first-order chi connectivity index (χ1) is 7.44. The lowest BCUT2D eigenvalue weighted by Crippen LogP contribution is -2.33. The molecule has 0 atom stereocenters. The van der Waals surface area contributed by atoms with Crippen LogP contribution in [0.2, 0.25) is 0 Å². The molecule has 0 aliphatic heterocycles. The Morgan fingerprint density at radius 2 is 1.75 bits per heavy atom. The molecular formula is C10H17NO4S. The molecule has 0 rings (SSSR count). The highest BCUT2D eigenvalue weighted by Crippen LogP contribution is 2.05. The standard InChI is InChI=1S/C10H17NO4S/c1-3-7-11(8-4-2)16(14,15)9-5-6-10(12)13/h3-4H,1-2,5-9H2,(H,12,13). The van der Waals surface area contributed by atoms with Crippen molar-refractivity contribution in [3.05, 3.63) is 25.3 Å². The maximum absolute atomic E-state index is 11.7. The van der Waals surface area contributed by atoms with E-state index in [0.717, 1.165) is 0 Å². The number of hydrogen-bond donors (Lipinski definition) is 1. The van der Waals surface area contributed by atoms with Crippen molar-refractivity contribution in [2.75, 3.05) is 18.8 Å². The third-order valence-corrected chi connectivity index (χ3v) is 3.74. The van der Waals surface area contributed by atoms with Gasteiger partial charge in [-0.25, -0.2) is 8.42 Å². The average molecular weight is 247 g/mol. The fraction of sp³-hybridized carbons (Fsp3) is 0.500. The second-order valence-electron chi connectivity index (χ2n) is 3.21. The predicted molar refractivity (Wildman–Crippen MR) is 62.6 cm³/mol. The molecule has 0 aliphatic carbocycles. The molecule has 5 nitrogen and oxygen atoms in total. The molecule has 1 N–H and O–H groups in total. The van der Waals surface area contributed by atoms with E-state index in [9.17, 15) is 13.2 Å². The molecule has 0 saturated carbocycles. The zero-order valence-electron chi connectivity index (χ0n) is 9.13. The van der Waals surface area contributed by atoms with Gasteiger partial charge in [-0.05, 0) is 6.42 Å². The maximum Gasteiger partial charge on any atom is 0.303 e. The fourth-order valence-corrected chi connectivity index (χ4v) is 2.56. The number of carboxylic acids is 1. The van der Waals surface area contributed by atoms with Crippen LogP contribution in [0.5, 0.6) is 0 Å². The van der Waals surface area contributed by atoms with Crippen LogP contribution < -0.4 is 0 Å². The molecule has 0 fully saturated rings. The van der Waals surface area contributed by atoms with Crippen molar-refractivity contribution in [2.45, 2.75) is 12.8 Å². The zero-order chi connectivity index (χ0) is 12.6. The van der Waals surface area contributed by atoms with Crippen molar-refractivity contribution < 1.29 is 18.3 Å². The van der Waals surface area contributed by atoms with E-state index in [1.165, 1.54) is 16.5 Å². The third-order valence-electron chi connectivity index (χ3n) is 1.85. The van der Waals surface area contributed by atoms with Crippen molar-refractivity contribution in [3.8, 4) is 0 Å². The van der Waals surface area contributed by atoms with E-state index in [0.29, 0.717) is 0 Å². The van der Waals surface area contributed by atoms with Gasteiger partial charge in [0.2, 0.25) is 10.0 Å². The van der Waals surface area contributed by atoms with Gasteiger partial charge in [0.1, 0.15) is 0 Å². The molecule has 0 aromatic rings. The quantitative estimate of drug-likeness (QED) is 0.613. The van der Waals surface area contributed by atoms with Crippen molar-refractivity contribution in [1.82, 2.24) is 4.31 Å². The maximum atomic E-state index is 11.7. The second-order valence-corrected chi connectivity index (χ2v) is 5.30. The Morgan fingerprint density at radius 3 is 2.12 bits per heavy atom. The number of nitrogens with zero attached hydrogens (tertiary/aromatic N) is 1. The Balaban J connectivity index is 4.40. The molecule has 0 amide bonds. The van der Waals surface area contributed by atoms with Gasteiger partial charge < -0.3 is 5.11 Å². The lowest BCUT2D eigenvalue weighted by Gasteiger charge is -2.18. The Morgan fingerprint density at radius 1 is 1.25 bits per heavy atom. The highest BCUT2D eigenvalue weighted by Gasteiger charge is 2.19. The SMILES string of the molecule is C=CCN(CC=C)S(=O)(=O)CCCC(=O)O. The number of sulfonamides is 1. The molecule has 0 saturated heterocycles. The smallest absolute Gasteiger partial charge is 0.303 e. The van der Waals surface area contributed by atoms with Crippen molar-refractivity contribution in [2.24, 2.45) is 0 Å². The predicted octanol–water partition coefficient (Wildman–Crippen LogP) is 0.855. The molecule has 0 bridgehead atoms. The summed E-state index contributed by atoms with van der Waals surface area (Å²) < 4.78 is 24.7. The molecule has 0 spiro atoms. The van der Waals surface area contributed by atoms with E-state index in [2.05, 4.69) is 13.2 Å². The number of hydrogen-bond acceptors (Lipinski definition) is 3. The van der Waals surface area contributed by atoms with Gasteiger partial charge in [-0.2, -0.15) is 4.31 Å². The summed E-state index contributed by atoms with van der Waals surface area (Å²) in [4.78, 5) is 10.3. The molecule has 0 aromatic carbocycles. The van der Waals surface area contributed by atoms with E-state index in [1.54, 1.807) is 0 Å². The number of carboxylic acid groups (broad SMARTS) is 1. The third kappa shape index (κ3) is 5.67. The van der Waals surface area contributed by atoms with E-state index < -0.39 is 16.0 Å². The van der Waals surface area contributed by atoms with Crippen LogP contribution in [0.25, 0.3) is 0 Å². The Labute approximate surface area is 96.1 Å². The molecule has 0 unspecified atom stereocenters. The largest absolute Gasteiger partial charge is 0.481 e. The van der Waals surface area contributed by atoms with Crippen LogP contribution in [-0.4, -0.2) is 42.6 Å². The van der Waals surface area contributed by atoms with Gasteiger partial charge in [0, 0.05) is 19.5 Å². The van der Waals surface area contributed by atoms with Crippen LogP contribution in [0.3, 0.4) is 0 Å². The summed E-state index contributed by atoms with van der Waals surface area (Å²) in [6, 6.07) is 0. The van der Waals surface area contributed by atoms with E-state index in [1.807, 2.05) is 0 Å². The van der Waals surface area contributed by atoms with Gasteiger partial charge in [-0.3, -0.25) is 4.79 Å². The lowest BCUT2D eigenvalue weighted by molar-refractivity contribution is -0.137. The molecule has 6 heteroatoms. The molecule has 0 radical (unpaired) electrons. The summed E-state index contributed by atoms with van der Waals surface area (Å²) >= 11 is 0. The molecule has 16 heavy (non-hydrogen) atoms. The van der Waals surface area contributed by atoms with Gasteiger partial charge in [0.05, 0.1) is 5.75 Å². The number of aliphatic carboxylic acids is 1. The highest BCUT2D eigenvalue weighted by molar-refractivity contribution is 7.89. The average Bonchev–Trinajstić information content (AvgIpc) is 2.16. The van der Waals surface area contributed by atoms with Crippen molar-refractivity contribution in [1.29, 1.82) is 0 Å².